The highest BCUT2D eigenvalue weighted by atomic mass is 16.3. The molecule has 0 amide bonds. The zero-order valence-corrected chi connectivity index (χ0v) is 68.6. The topological polar surface area (TPSA) is 59.0 Å². The summed E-state index contributed by atoms with van der Waals surface area (Å²) in [5.41, 5.74) is 36.9. The summed E-state index contributed by atoms with van der Waals surface area (Å²) >= 11 is 0. The lowest BCUT2D eigenvalue weighted by Crippen LogP contribution is -2.09. The van der Waals surface area contributed by atoms with Crippen LogP contribution in [0.15, 0.2) is 491 Å². The Morgan fingerprint density at radius 1 is 0.119 bits per heavy atom. The van der Waals surface area contributed by atoms with Gasteiger partial charge < -0.3 is 27.5 Å². The van der Waals surface area contributed by atoms with Gasteiger partial charge in [0.2, 0.25) is 0 Å². The van der Waals surface area contributed by atoms with Gasteiger partial charge in [0.05, 0.1) is 0 Å². The first-order valence-corrected chi connectivity index (χ1v) is 42.8. The molecule has 20 aromatic carbocycles. The van der Waals surface area contributed by atoms with Crippen LogP contribution >= 0.6 is 0 Å². The van der Waals surface area contributed by atoms with Gasteiger partial charge in [0.1, 0.15) is 44.7 Å². The minimum atomic E-state index is 0.899. The van der Waals surface area contributed by atoms with E-state index in [1.54, 1.807) is 0 Å². The summed E-state index contributed by atoms with van der Waals surface area (Å²) in [7, 11) is 0. The predicted molar refractivity (Wildman–Crippen MR) is 526 cm³/mol. The number of furan rings is 4. The number of rotatable bonds is 16. The maximum absolute atomic E-state index is 6.42. The van der Waals surface area contributed by atoms with E-state index >= 15 is 0 Å². The Morgan fingerprint density at radius 3 is 0.635 bits per heavy atom. The number of fused-ring (bicyclic) bond motifs is 12. The fourth-order valence-corrected chi connectivity index (χ4v) is 18.2. The second-order valence-corrected chi connectivity index (χ2v) is 32.2. The summed E-state index contributed by atoms with van der Waals surface area (Å²) in [5, 5.41) is 9.02. The molecule has 0 aliphatic carbocycles. The quantitative estimate of drug-likeness (QED) is 0.0961. The molecule has 4 heterocycles. The summed E-state index contributed by atoms with van der Waals surface area (Å²) in [6.45, 7) is 0. The van der Waals surface area contributed by atoms with Gasteiger partial charge in [-0.3, -0.25) is 0 Å². The van der Waals surface area contributed by atoms with E-state index in [4.69, 9.17) is 17.7 Å². The maximum atomic E-state index is 6.42. The molecule has 0 atom stereocenters. The summed E-state index contributed by atoms with van der Waals surface area (Å²) in [4.78, 5) is 4.66. The van der Waals surface area contributed by atoms with Crippen LogP contribution in [0.4, 0.5) is 34.1 Å². The van der Waals surface area contributed by atoms with Crippen molar-refractivity contribution >= 4 is 122 Å². The summed E-state index contributed by atoms with van der Waals surface area (Å²) in [6, 6.07) is 168. The van der Waals surface area contributed by atoms with Crippen LogP contribution in [0, 0.1) is 0 Å². The van der Waals surface area contributed by atoms with Gasteiger partial charge >= 0.3 is 0 Å². The minimum Gasteiger partial charge on any atom is -0.456 e. The van der Waals surface area contributed by atoms with Crippen molar-refractivity contribution in [3.05, 3.63) is 473 Å². The molecule has 24 aromatic rings. The molecular formula is C120H78N2O4. The fourth-order valence-electron chi connectivity index (χ4n) is 18.2. The van der Waals surface area contributed by atoms with E-state index < -0.39 is 0 Å². The SMILES string of the molecule is c1ccc(-c2ccc(-c3ccc(-c4ccc(N(c5ccc(-c6ccc7oc8ccccc8c7c6)cc5)c5ccc(-c6cccc7c6oc6ccccc67)cc5)cc4)cc3)cc2)cc1.c1ccc(-c2cccc(-c3ccc(-c4ccc(N(c5ccc(-c6ccc7oc8ccccc8c7c6)cc5)c5ccc(-c6cccc7c6oc6ccccc67)cc5)cc4)cc3)c2)cc1. The van der Waals surface area contributed by atoms with E-state index in [1.165, 1.54) is 55.6 Å². The second kappa shape index (κ2) is 32.0. The van der Waals surface area contributed by atoms with Gasteiger partial charge in [-0.1, -0.05) is 346 Å². The Morgan fingerprint density at radius 2 is 0.317 bits per heavy atom. The van der Waals surface area contributed by atoms with Crippen LogP contribution in [0.3, 0.4) is 0 Å². The van der Waals surface area contributed by atoms with Crippen LogP contribution < -0.4 is 9.80 Å². The van der Waals surface area contributed by atoms with Crippen LogP contribution in [-0.2, 0) is 0 Å². The van der Waals surface area contributed by atoms with Crippen molar-refractivity contribution in [3.8, 4) is 111 Å². The molecule has 0 N–H and O–H groups in total. The van der Waals surface area contributed by atoms with E-state index in [9.17, 15) is 0 Å². The zero-order valence-electron chi connectivity index (χ0n) is 68.6. The standard InChI is InChI=1S/2C60H39NO2/c1-2-10-40(11-3-1)46-12-8-13-47(38-46)43-22-20-41(21-23-43)42-24-31-49(32-25-42)61(50-33-26-44(27-34-50)48-30-37-59-56(39-48)54-15-5-6-18-57(54)62-59)51-35-28-45(29-36-51)52-16-9-17-55-53-14-4-7-19-58(53)63-60(52)55;1-2-9-40(10-3-1)41-17-19-42(20-18-41)43-21-23-44(24-22-43)45-25-32-49(33-26-45)61(50-34-27-46(28-35-50)48-31-38-59-56(39-48)54-12-5-6-15-57(54)62-59)51-36-29-47(30-37-51)52-13-8-14-55-53-11-4-7-16-58(53)63-60(52)55/h2*1-39H. The summed E-state index contributed by atoms with van der Waals surface area (Å²) < 4.78 is 25.1. The third-order valence-corrected chi connectivity index (χ3v) is 24.7. The summed E-state index contributed by atoms with van der Waals surface area (Å²) in [5.74, 6) is 0. The lowest BCUT2D eigenvalue weighted by molar-refractivity contribution is 0.668. The molecule has 0 unspecified atom stereocenters. The van der Waals surface area contributed by atoms with E-state index in [2.05, 4.69) is 434 Å². The molecule has 6 nitrogen and oxygen atoms in total. The maximum Gasteiger partial charge on any atom is 0.143 e. The molecule has 0 aliphatic rings. The average molecular weight is 1610 g/mol. The number of nitrogens with zero attached hydrogens (tertiary/aromatic N) is 2. The molecular weight excluding hydrogens is 1530 g/mol. The van der Waals surface area contributed by atoms with Crippen LogP contribution in [-0.4, -0.2) is 0 Å². The molecule has 0 spiro atoms. The Labute approximate surface area is 728 Å². The van der Waals surface area contributed by atoms with Crippen molar-refractivity contribution in [2.75, 3.05) is 9.80 Å². The molecule has 0 saturated carbocycles. The molecule has 0 saturated heterocycles. The van der Waals surface area contributed by atoms with Crippen molar-refractivity contribution in [3.63, 3.8) is 0 Å². The van der Waals surface area contributed by atoms with Crippen molar-refractivity contribution in [1.29, 1.82) is 0 Å². The Bertz CT molecular complexity index is 8110. The predicted octanol–water partition coefficient (Wildman–Crippen LogP) is 34.6. The average Bonchev–Trinajstić information content (AvgIpc) is 1.56. The van der Waals surface area contributed by atoms with Crippen LogP contribution in [0.2, 0.25) is 0 Å². The smallest absolute Gasteiger partial charge is 0.143 e. The van der Waals surface area contributed by atoms with Gasteiger partial charge in [0.25, 0.3) is 0 Å². The number of anilines is 6. The largest absolute Gasteiger partial charge is 0.456 e. The Hall–Kier alpha value is -16.8. The van der Waals surface area contributed by atoms with E-state index in [0.29, 0.717) is 0 Å². The van der Waals surface area contributed by atoms with Crippen molar-refractivity contribution in [1.82, 2.24) is 0 Å². The monoisotopic (exact) mass is 1610 g/mol. The lowest BCUT2D eigenvalue weighted by Gasteiger charge is -2.26. The highest BCUT2D eigenvalue weighted by Gasteiger charge is 2.21. The third kappa shape index (κ3) is 14.1. The number of para-hydroxylation sites is 6. The van der Waals surface area contributed by atoms with Crippen molar-refractivity contribution in [2.24, 2.45) is 0 Å². The molecule has 24 rings (SSSR count). The molecule has 592 valence electrons. The van der Waals surface area contributed by atoms with Gasteiger partial charge in [-0.15, -0.1) is 0 Å². The molecule has 0 bridgehead atoms. The number of benzene rings is 20. The van der Waals surface area contributed by atoms with Gasteiger partial charge in [0.15, 0.2) is 0 Å². The van der Waals surface area contributed by atoms with Gasteiger partial charge in [-0.25, -0.2) is 0 Å². The molecule has 6 heteroatoms. The molecule has 126 heavy (non-hydrogen) atoms. The highest BCUT2D eigenvalue weighted by Crippen LogP contribution is 2.46. The zero-order chi connectivity index (χ0) is 83.4. The molecule has 0 fully saturated rings. The van der Waals surface area contributed by atoms with Crippen LogP contribution in [0.1, 0.15) is 0 Å². The van der Waals surface area contributed by atoms with Gasteiger partial charge in [0, 0.05) is 88.3 Å². The van der Waals surface area contributed by atoms with Crippen molar-refractivity contribution in [2.45, 2.75) is 0 Å². The normalized spacial score (nSPS) is 11.5. The molecule has 0 aliphatic heterocycles. The highest BCUT2D eigenvalue weighted by molar-refractivity contribution is 6.12. The number of hydrogen-bond donors (Lipinski definition) is 0. The first-order chi connectivity index (χ1) is 62.4. The fraction of sp³-hybridized carbons (Fsp3) is 0. The molecule has 0 radical (unpaired) electrons. The van der Waals surface area contributed by atoms with Crippen LogP contribution in [0.25, 0.3) is 199 Å². The van der Waals surface area contributed by atoms with E-state index in [0.717, 1.165) is 178 Å². The second-order valence-electron chi connectivity index (χ2n) is 32.2. The van der Waals surface area contributed by atoms with Crippen LogP contribution in [0.5, 0.6) is 0 Å². The lowest BCUT2D eigenvalue weighted by atomic mass is 9.97. The first-order valence-electron chi connectivity index (χ1n) is 42.8. The first kappa shape index (κ1) is 74.3. The minimum absolute atomic E-state index is 0.899. The van der Waals surface area contributed by atoms with Gasteiger partial charge in [-0.05, 0) is 228 Å². The van der Waals surface area contributed by atoms with E-state index in [1.807, 2.05) is 48.5 Å². The van der Waals surface area contributed by atoms with Crippen molar-refractivity contribution < 1.29 is 17.7 Å². The Balaban J connectivity index is 0.000000145. The van der Waals surface area contributed by atoms with E-state index in [-0.39, 0.29) is 0 Å². The summed E-state index contributed by atoms with van der Waals surface area (Å²) in [6.07, 6.45) is 0. The molecule has 4 aromatic heterocycles. The third-order valence-electron chi connectivity index (χ3n) is 24.7. The number of hydrogen-bond acceptors (Lipinski definition) is 6. The Kier molecular flexibility index (Phi) is 18.8. The van der Waals surface area contributed by atoms with Gasteiger partial charge in [-0.2, -0.15) is 0 Å².